The van der Waals surface area contributed by atoms with Gasteiger partial charge in [0.15, 0.2) is 0 Å². The van der Waals surface area contributed by atoms with Crippen LogP contribution in [0.3, 0.4) is 0 Å². The Morgan fingerprint density at radius 1 is 1.21 bits per heavy atom. The summed E-state index contributed by atoms with van der Waals surface area (Å²) < 4.78 is 0. The average molecular weight is 193 g/mol. The zero-order chi connectivity index (χ0) is 10.4. The molecule has 1 aromatic heterocycles. The molecule has 1 fully saturated rings. The zero-order valence-corrected chi connectivity index (χ0v) is 9.01. The van der Waals surface area contributed by atoms with Crippen LogP contribution >= 0.6 is 0 Å². The van der Waals surface area contributed by atoms with Gasteiger partial charge >= 0.3 is 0 Å². The van der Waals surface area contributed by atoms with E-state index in [0.717, 1.165) is 0 Å². The van der Waals surface area contributed by atoms with Crippen molar-refractivity contribution >= 4 is 5.82 Å². The van der Waals surface area contributed by atoms with E-state index in [4.69, 9.17) is 5.73 Å². The van der Waals surface area contributed by atoms with Gasteiger partial charge in [-0.3, -0.25) is 0 Å². The second-order valence-electron chi connectivity index (χ2n) is 3.65. The number of hydrogen-bond acceptors (Lipinski definition) is 3. The van der Waals surface area contributed by atoms with Gasteiger partial charge in [-0.05, 0) is 57.0 Å². The van der Waals surface area contributed by atoms with E-state index in [0.29, 0.717) is 5.82 Å². The summed E-state index contributed by atoms with van der Waals surface area (Å²) in [5.74, 6) is 0.595. The molecule has 1 aliphatic rings. The standard InChI is InChI=1S/C7H10N2.C4H9N/c1-5-3-7(8)9-4-6(5)2;1-2-4-5-3-1/h3-4H,1-2H3,(H2,8,9);5H,1-4H2. The molecule has 2 heterocycles. The first-order chi connectivity index (χ1) is 6.70. The van der Waals surface area contributed by atoms with Crippen LogP contribution < -0.4 is 11.1 Å². The Labute approximate surface area is 85.7 Å². The molecule has 0 aliphatic carbocycles. The fraction of sp³-hybridized carbons (Fsp3) is 0.545. The van der Waals surface area contributed by atoms with Crippen molar-refractivity contribution in [1.29, 1.82) is 0 Å². The van der Waals surface area contributed by atoms with E-state index in [1.165, 1.54) is 37.1 Å². The molecular formula is C11H19N3. The van der Waals surface area contributed by atoms with E-state index in [-0.39, 0.29) is 0 Å². The molecule has 0 aromatic carbocycles. The number of hydrogen-bond donors (Lipinski definition) is 2. The van der Waals surface area contributed by atoms with Crippen LogP contribution in [0, 0.1) is 13.8 Å². The quantitative estimate of drug-likeness (QED) is 0.658. The maximum absolute atomic E-state index is 5.42. The van der Waals surface area contributed by atoms with Gasteiger partial charge in [0.1, 0.15) is 5.82 Å². The summed E-state index contributed by atoms with van der Waals surface area (Å²) in [5, 5.41) is 3.22. The number of nitrogen functional groups attached to an aromatic ring is 1. The number of rotatable bonds is 0. The molecule has 2 rings (SSSR count). The highest BCUT2D eigenvalue weighted by Gasteiger charge is 1.93. The highest BCUT2D eigenvalue weighted by Crippen LogP contribution is 2.06. The second kappa shape index (κ2) is 5.60. The van der Waals surface area contributed by atoms with Crippen molar-refractivity contribution in [1.82, 2.24) is 10.3 Å². The van der Waals surface area contributed by atoms with Gasteiger partial charge in [-0.25, -0.2) is 4.98 Å². The summed E-state index contributed by atoms with van der Waals surface area (Å²) in [6.45, 7) is 6.54. The van der Waals surface area contributed by atoms with Gasteiger partial charge in [-0.15, -0.1) is 0 Å². The maximum Gasteiger partial charge on any atom is 0.123 e. The summed E-state index contributed by atoms with van der Waals surface area (Å²) in [7, 11) is 0. The number of nitrogens with one attached hydrogen (secondary N) is 1. The Morgan fingerprint density at radius 2 is 1.86 bits per heavy atom. The number of pyridine rings is 1. The first kappa shape index (κ1) is 11.0. The Kier molecular flexibility index (Phi) is 4.40. The Balaban J connectivity index is 0.000000165. The molecule has 78 valence electrons. The van der Waals surface area contributed by atoms with E-state index in [9.17, 15) is 0 Å². The summed E-state index contributed by atoms with van der Waals surface area (Å²) >= 11 is 0. The van der Waals surface area contributed by atoms with Gasteiger partial charge in [-0.2, -0.15) is 0 Å². The molecule has 0 amide bonds. The van der Waals surface area contributed by atoms with Gasteiger partial charge in [0, 0.05) is 6.20 Å². The molecule has 0 atom stereocenters. The highest BCUT2D eigenvalue weighted by atomic mass is 14.9. The number of aromatic nitrogens is 1. The molecule has 3 N–H and O–H groups in total. The molecule has 0 radical (unpaired) electrons. The van der Waals surface area contributed by atoms with Crippen molar-refractivity contribution in [2.24, 2.45) is 0 Å². The minimum atomic E-state index is 0.595. The van der Waals surface area contributed by atoms with Crippen LogP contribution in [0.1, 0.15) is 24.0 Å². The van der Waals surface area contributed by atoms with Crippen LogP contribution in [-0.2, 0) is 0 Å². The lowest BCUT2D eigenvalue weighted by atomic mass is 10.2. The van der Waals surface area contributed by atoms with Gasteiger partial charge < -0.3 is 11.1 Å². The Morgan fingerprint density at radius 3 is 2.21 bits per heavy atom. The summed E-state index contributed by atoms with van der Waals surface area (Å²) in [6, 6.07) is 1.87. The lowest BCUT2D eigenvalue weighted by Gasteiger charge is -1.97. The molecule has 1 aliphatic heterocycles. The molecule has 1 saturated heterocycles. The predicted molar refractivity (Wildman–Crippen MR) is 60.2 cm³/mol. The second-order valence-corrected chi connectivity index (χ2v) is 3.65. The van der Waals surface area contributed by atoms with Crippen molar-refractivity contribution in [2.75, 3.05) is 18.8 Å². The van der Waals surface area contributed by atoms with Crippen LogP contribution in [0.25, 0.3) is 0 Å². The highest BCUT2D eigenvalue weighted by molar-refractivity contribution is 5.35. The summed E-state index contributed by atoms with van der Waals surface area (Å²) in [5.41, 5.74) is 7.80. The predicted octanol–water partition coefficient (Wildman–Crippen LogP) is 1.65. The summed E-state index contributed by atoms with van der Waals surface area (Å²) in [4.78, 5) is 3.92. The lowest BCUT2D eigenvalue weighted by molar-refractivity contribution is 0.857. The molecule has 0 spiro atoms. The number of aryl methyl sites for hydroxylation is 2. The van der Waals surface area contributed by atoms with Crippen molar-refractivity contribution in [3.63, 3.8) is 0 Å². The van der Waals surface area contributed by atoms with E-state index in [2.05, 4.69) is 10.3 Å². The van der Waals surface area contributed by atoms with Crippen LogP contribution in [0.15, 0.2) is 12.3 Å². The minimum Gasteiger partial charge on any atom is -0.384 e. The molecular weight excluding hydrogens is 174 g/mol. The number of nitrogens with zero attached hydrogens (tertiary/aromatic N) is 1. The maximum atomic E-state index is 5.42. The third-order valence-corrected chi connectivity index (χ3v) is 2.35. The van der Waals surface area contributed by atoms with Crippen LogP contribution in [0.4, 0.5) is 5.82 Å². The first-order valence-electron chi connectivity index (χ1n) is 5.09. The Hall–Kier alpha value is -1.09. The molecule has 0 saturated carbocycles. The third kappa shape index (κ3) is 3.75. The van der Waals surface area contributed by atoms with E-state index in [1.807, 2.05) is 19.9 Å². The average Bonchev–Trinajstić information content (AvgIpc) is 2.69. The van der Waals surface area contributed by atoms with E-state index >= 15 is 0 Å². The molecule has 1 aromatic rings. The van der Waals surface area contributed by atoms with Crippen molar-refractivity contribution in [3.05, 3.63) is 23.4 Å². The van der Waals surface area contributed by atoms with E-state index < -0.39 is 0 Å². The fourth-order valence-corrected chi connectivity index (χ4v) is 1.27. The van der Waals surface area contributed by atoms with Gasteiger partial charge in [0.05, 0.1) is 0 Å². The van der Waals surface area contributed by atoms with Crippen molar-refractivity contribution in [2.45, 2.75) is 26.7 Å². The molecule has 0 unspecified atom stereocenters. The largest absolute Gasteiger partial charge is 0.384 e. The normalized spacial score (nSPS) is 14.7. The lowest BCUT2D eigenvalue weighted by Crippen LogP contribution is -2.03. The zero-order valence-electron chi connectivity index (χ0n) is 9.01. The molecule has 3 nitrogen and oxygen atoms in total. The number of nitrogens with two attached hydrogens (primary N) is 1. The molecule has 14 heavy (non-hydrogen) atoms. The topological polar surface area (TPSA) is 50.9 Å². The smallest absolute Gasteiger partial charge is 0.123 e. The van der Waals surface area contributed by atoms with Crippen LogP contribution in [0.5, 0.6) is 0 Å². The van der Waals surface area contributed by atoms with Gasteiger partial charge in [0.25, 0.3) is 0 Å². The van der Waals surface area contributed by atoms with Crippen molar-refractivity contribution < 1.29 is 0 Å². The van der Waals surface area contributed by atoms with Crippen molar-refractivity contribution in [3.8, 4) is 0 Å². The first-order valence-corrected chi connectivity index (χ1v) is 5.09. The molecule has 3 heteroatoms. The monoisotopic (exact) mass is 193 g/mol. The fourth-order valence-electron chi connectivity index (χ4n) is 1.27. The minimum absolute atomic E-state index is 0.595. The van der Waals surface area contributed by atoms with E-state index in [1.54, 1.807) is 6.20 Å². The van der Waals surface area contributed by atoms with Crippen LogP contribution in [-0.4, -0.2) is 18.1 Å². The molecule has 0 bridgehead atoms. The Bertz CT molecular complexity index is 272. The van der Waals surface area contributed by atoms with Gasteiger partial charge in [0.2, 0.25) is 0 Å². The summed E-state index contributed by atoms with van der Waals surface area (Å²) in [6.07, 6.45) is 4.56. The van der Waals surface area contributed by atoms with Crippen LogP contribution in [0.2, 0.25) is 0 Å². The SMILES string of the molecule is C1CCNC1.Cc1cnc(N)cc1C. The third-order valence-electron chi connectivity index (χ3n) is 2.35. The number of anilines is 1. The van der Waals surface area contributed by atoms with Gasteiger partial charge in [-0.1, -0.05) is 0 Å².